The molecule has 1 aromatic carbocycles. The molecule has 0 bridgehead atoms. The molecule has 0 aliphatic heterocycles. The highest BCUT2D eigenvalue weighted by molar-refractivity contribution is 6.44. The fraction of sp³-hybridized carbons (Fsp3) is 0.353. The third kappa shape index (κ3) is 3.40. The lowest BCUT2D eigenvalue weighted by atomic mass is 10.1. The van der Waals surface area contributed by atoms with Gasteiger partial charge in [-0.1, -0.05) is 18.9 Å². The van der Waals surface area contributed by atoms with Gasteiger partial charge in [-0.25, -0.2) is 0 Å². The molecule has 24 heavy (non-hydrogen) atoms. The molecule has 1 aliphatic rings. The van der Waals surface area contributed by atoms with Crippen LogP contribution < -0.4 is 16.0 Å². The van der Waals surface area contributed by atoms with E-state index in [0.717, 1.165) is 25.7 Å². The maximum absolute atomic E-state index is 12.8. The topological polar surface area (TPSA) is 93.2 Å². The van der Waals surface area contributed by atoms with Gasteiger partial charge in [-0.2, -0.15) is 5.10 Å². The van der Waals surface area contributed by atoms with E-state index in [1.807, 2.05) is 0 Å². The van der Waals surface area contributed by atoms with Crippen molar-refractivity contribution in [2.75, 3.05) is 16.0 Å². The van der Waals surface area contributed by atoms with E-state index in [4.69, 9.17) is 5.73 Å². The third-order valence-electron chi connectivity index (χ3n) is 4.21. The van der Waals surface area contributed by atoms with Crippen LogP contribution in [0.1, 0.15) is 25.7 Å². The molecule has 2 aromatic rings. The van der Waals surface area contributed by atoms with Gasteiger partial charge in [0.2, 0.25) is 0 Å². The van der Waals surface area contributed by atoms with Gasteiger partial charge in [0.05, 0.1) is 0 Å². The molecular formula is C17H21N5O2. The van der Waals surface area contributed by atoms with Gasteiger partial charge in [0, 0.05) is 36.7 Å². The van der Waals surface area contributed by atoms with Crippen molar-refractivity contribution in [1.29, 1.82) is 0 Å². The number of nitrogens with zero attached hydrogens (tertiary/aromatic N) is 3. The van der Waals surface area contributed by atoms with Crippen molar-refractivity contribution in [2.45, 2.75) is 31.7 Å². The van der Waals surface area contributed by atoms with Gasteiger partial charge < -0.3 is 16.0 Å². The van der Waals surface area contributed by atoms with Crippen LogP contribution >= 0.6 is 0 Å². The van der Waals surface area contributed by atoms with Gasteiger partial charge in [0.15, 0.2) is 5.82 Å². The molecule has 1 aromatic heterocycles. The van der Waals surface area contributed by atoms with Crippen LogP contribution in [0.5, 0.6) is 0 Å². The SMILES string of the molecule is Cn1ccc(NC(=O)C(=O)N(c2cccc(N)c2)C2CCCC2)n1. The van der Waals surface area contributed by atoms with Crippen LogP contribution in [-0.4, -0.2) is 27.6 Å². The highest BCUT2D eigenvalue weighted by Gasteiger charge is 2.32. The second-order valence-corrected chi connectivity index (χ2v) is 6.04. The highest BCUT2D eigenvalue weighted by atomic mass is 16.2. The minimum atomic E-state index is -0.692. The summed E-state index contributed by atoms with van der Waals surface area (Å²) in [5.41, 5.74) is 7.07. The first-order chi connectivity index (χ1) is 11.5. The van der Waals surface area contributed by atoms with Crippen molar-refractivity contribution < 1.29 is 9.59 Å². The lowest BCUT2D eigenvalue weighted by Crippen LogP contribution is -2.45. The number of rotatable bonds is 3. The molecule has 0 atom stereocenters. The second kappa shape index (κ2) is 6.74. The third-order valence-corrected chi connectivity index (χ3v) is 4.21. The lowest BCUT2D eigenvalue weighted by molar-refractivity contribution is -0.134. The summed E-state index contributed by atoms with van der Waals surface area (Å²) in [5, 5.41) is 6.63. The predicted octanol–water partition coefficient (Wildman–Crippen LogP) is 1.92. The minimum absolute atomic E-state index is 0.0220. The number of benzene rings is 1. The average Bonchev–Trinajstić information content (AvgIpc) is 3.20. The van der Waals surface area contributed by atoms with E-state index < -0.39 is 11.8 Å². The average molecular weight is 327 g/mol. The summed E-state index contributed by atoms with van der Waals surface area (Å²) < 4.78 is 1.56. The Morgan fingerprint density at radius 2 is 2.04 bits per heavy atom. The van der Waals surface area contributed by atoms with Crippen LogP contribution in [0.4, 0.5) is 17.2 Å². The first-order valence-corrected chi connectivity index (χ1v) is 8.04. The maximum atomic E-state index is 12.8. The fourth-order valence-corrected chi connectivity index (χ4v) is 3.09. The Hall–Kier alpha value is -2.83. The quantitative estimate of drug-likeness (QED) is 0.665. The van der Waals surface area contributed by atoms with Gasteiger partial charge in [0.1, 0.15) is 0 Å². The van der Waals surface area contributed by atoms with E-state index in [1.165, 1.54) is 0 Å². The first kappa shape index (κ1) is 16.0. The van der Waals surface area contributed by atoms with Gasteiger partial charge in [-0.05, 0) is 31.0 Å². The molecule has 126 valence electrons. The number of anilines is 3. The van der Waals surface area contributed by atoms with E-state index in [0.29, 0.717) is 17.2 Å². The van der Waals surface area contributed by atoms with Gasteiger partial charge in [0.25, 0.3) is 0 Å². The molecule has 7 heteroatoms. The number of nitrogens with two attached hydrogens (primary N) is 1. The number of nitrogens with one attached hydrogen (secondary N) is 1. The van der Waals surface area contributed by atoms with Gasteiger partial charge >= 0.3 is 11.8 Å². The zero-order chi connectivity index (χ0) is 17.1. The molecule has 1 heterocycles. The molecule has 7 nitrogen and oxygen atoms in total. The summed E-state index contributed by atoms with van der Waals surface area (Å²) in [6, 6.07) is 8.75. The number of carbonyl (C=O) groups is 2. The molecule has 1 fully saturated rings. The largest absolute Gasteiger partial charge is 0.399 e. The van der Waals surface area contributed by atoms with Crippen LogP contribution in [0.25, 0.3) is 0 Å². The lowest BCUT2D eigenvalue weighted by Gasteiger charge is -2.28. The summed E-state index contributed by atoms with van der Waals surface area (Å²) in [7, 11) is 1.75. The normalized spacial score (nSPS) is 14.5. The Morgan fingerprint density at radius 1 is 1.29 bits per heavy atom. The number of hydrogen-bond acceptors (Lipinski definition) is 4. The van der Waals surface area contributed by atoms with Crippen molar-refractivity contribution in [3.63, 3.8) is 0 Å². The number of amides is 2. The minimum Gasteiger partial charge on any atom is -0.399 e. The number of carbonyl (C=O) groups excluding carboxylic acids is 2. The summed E-state index contributed by atoms with van der Waals surface area (Å²) in [6.45, 7) is 0. The number of nitrogen functional groups attached to an aromatic ring is 1. The maximum Gasteiger partial charge on any atom is 0.316 e. The van der Waals surface area contributed by atoms with Gasteiger partial charge in [-0.15, -0.1) is 0 Å². The monoisotopic (exact) mass is 327 g/mol. The molecule has 3 N–H and O–H groups in total. The van der Waals surface area contributed by atoms with Crippen molar-refractivity contribution >= 4 is 29.0 Å². The van der Waals surface area contributed by atoms with E-state index >= 15 is 0 Å². The fourth-order valence-electron chi connectivity index (χ4n) is 3.09. The smallest absolute Gasteiger partial charge is 0.316 e. The molecule has 1 aliphatic carbocycles. The van der Waals surface area contributed by atoms with Crippen LogP contribution in [0, 0.1) is 0 Å². The zero-order valence-electron chi connectivity index (χ0n) is 13.6. The van der Waals surface area contributed by atoms with Crippen LogP contribution in [0.15, 0.2) is 36.5 Å². The van der Waals surface area contributed by atoms with Crippen LogP contribution in [0.3, 0.4) is 0 Å². The Balaban J connectivity index is 1.84. The molecule has 0 unspecified atom stereocenters. The van der Waals surface area contributed by atoms with Crippen molar-refractivity contribution in [3.05, 3.63) is 36.5 Å². The summed E-state index contributed by atoms with van der Waals surface area (Å²) in [6.07, 6.45) is 5.58. The van der Waals surface area contributed by atoms with Crippen molar-refractivity contribution in [2.24, 2.45) is 7.05 Å². The van der Waals surface area contributed by atoms with Crippen LogP contribution in [-0.2, 0) is 16.6 Å². The molecule has 1 saturated carbocycles. The zero-order valence-corrected chi connectivity index (χ0v) is 13.6. The molecule has 0 saturated heterocycles. The summed E-state index contributed by atoms with van der Waals surface area (Å²) >= 11 is 0. The number of aryl methyl sites for hydroxylation is 1. The van der Waals surface area contributed by atoms with E-state index in [1.54, 1.807) is 53.2 Å². The Bertz CT molecular complexity index is 749. The highest BCUT2D eigenvalue weighted by Crippen LogP contribution is 2.29. The van der Waals surface area contributed by atoms with E-state index in [9.17, 15) is 9.59 Å². The van der Waals surface area contributed by atoms with Crippen molar-refractivity contribution in [3.8, 4) is 0 Å². The molecule has 0 spiro atoms. The summed E-state index contributed by atoms with van der Waals surface area (Å²) in [5.74, 6) is -0.920. The second-order valence-electron chi connectivity index (χ2n) is 6.04. The first-order valence-electron chi connectivity index (χ1n) is 8.04. The molecule has 2 amide bonds. The molecule has 3 rings (SSSR count). The standard InChI is InChI=1S/C17H21N5O2/c1-21-10-9-15(20-21)19-16(23)17(24)22(13-6-2-3-7-13)14-8-4-5-12(18)11-14/h4-5,8-11,13H,2-3,6-7,18H2,1H3,(H,19,20,23). The summed E-state index contributed by atoms with van der Waals surface area (Å²) in [4.78, 5) is 26.8. The Morgan fingerprint density at radius 3 is 2.67 bits per heavy atom. The number of aromatic nitrogens is 2. The van der Waals surface area contributed by atoms with E-state index in [-0.39, 0.29) is 6.04 Å². The Kier molecular flexibility index (Phi) is 4.50. The van der Waals surface area contributed by atoms with Crippen LogP contribution in [0.2, 0.25) is 0 Å². The van der Waals surface area contributed by atoms with Crippen molar-refractivity contribution in [1.82, 2.24) is 9.78 Å². The molecular weight excluding hydrogens is 306 g/mol. The predicted molar refractivity (Wildman–Crippen MR) is 92.4 cm³/mol. The Labute approximate surface area is 140 Å². The van der Waals surface area contributed by atoms with E-state index in [2.05, 4.69) is 10.4 Å². The number of hydrogen-bond donors (Lipinski definition) is 2. The van der Waals surface area contributed by atoms with Gasteiger partial charge in [-0.3, -0.25) is 14.3 Å². The molecule has 0 radical (unpaired) electrons.